The van der Waals surface area contributed by atoms with Gasteiger partial charge in [0.1, 0.15) is 0 Å². The Hall–Kier alpha value is -0.0800. The van der Waals surface area contributed by atoms with Crippen LogP contribution in [-0.4, -0.2) is 23.8 Å². The summed E-state index contributed by atoms with van der Waals surface area (Å²) < 4.78 is 6.28. The molecular weight excluding hydrogens is 234 g/mol. The largest absolute Gasteiger partial charge is 0.369 e. The molecule has 2 heteroatoms. The van der Waals surface area contributed by atoms with Gasteiger partial charge in [-0.05, 0) is 53.5 Å². The minimum atomic E-state index is 0.00111. The summed E-state index contributed by atoms with van der Waals surface area (Å²) in [5, 5.41) is 3.78. The Morgan fingerprint density at radius 1 is 1.11 bits per heavy atom. The Balaban J connectivity index is 2.67. The Labute approximate surface area is 120 Å². The maximum Gasteiger partial charge on any atom is 0.0677 e. The van der Waals surface area contributed by atoms with Crippen LogP contribution in [0, 0.1) is 5.92 Å². The molecule has 1 rings (SSSR count). The molecule has 0 aromatic rings. The van der Waals surface area contributed by atoms with Gasteiger partial charge in [-0.1, -0.05) is 33.1 Å². The monoisotopic (exact) mass is 269 g/mol. The lowest BCUT2D eigenvalue weighted by molar-refractivity contribution is -0.0779. The lowest BCUT2D eigenvalue weighted by Gasteiger charge is -2.33. The predicted molar refractivity (Wildman–Crippen MR) is 83.6 cm³/mol. The van der Waals surface area contributed by atoms with Crippen molar-refractivity contribution in [1.29, 1.82) is 0 Å². The molecule has 1 N–H and O–H groups in total. The highest BCUT2D eigenvalue weighted by Crippen LogP contribution is 2.44. The molecule has 1 aliphatic rings. The van der Waals surface area contributed by atoms with Crippen molar-refractivity contribution in [1.82, 2.24) is 5.32 Å². The average Bonchev–Trinajstić information content (AvgIpc) is 2.52. The fourth-order valence-electron chi connectivity index (χ4n) is 3.62. The van der Waals surface area contributed by atoms with E-state index in [9.17, 15) is 0 Å². The van der Waals surface area contributed by atoms with Crippen LogP contribution in [0.4, 0.5) is 0 Å². The molecule has 0 spiro atoms. The van der Waals surface area contributed by atoms with Crippen LogP contribution in [0.3, 0.4) is 0 Å². The van der Waals surface area contributed by atoms with Gasteiger partial charge in [-0.15, -0.1) is 0 Å². The van der Waals surface area contributed by atoms with Gasteiger partial charge in [-0.2, -0.15) is 0 Å². The molecule has 1 saturated heterocycles. The number of unbranched alkanes of at least 4 members (excludes halogenated alkanes) is 2. The van der Waals surface area contributed by atoms with Crippen molar-refractivity contribution in [2.24, 2.45) is 5.92 Å². The van der Waals surface area contributed by atoms with Crippen molar-refractivity contribution >= 4 is 0 Å². The lowest BCUT2D eigenvalue weighted by atomic mass is 9.79. The van der Waals surface area contributed by atoms with E-state index in [-0.39, 0.29) is 11.2 Å². The first-order chi connectivity index (χ1) is 8.82. The van der Waals surface area contributed by atoms with Crippen molar-refractivity contribution in [2.45, 2.75) is 97.3 Å². The molecular formula is C17H35NO. The van der Waals surface area contributed by atoms with Crippen LogP contribution in [-0.2, 0) is 4.74 Å². The molecule has 114 valence electrons. The first-order valence-corrected chi connectivity index (χ1v) is 8.26. The van der Waals surface area contributed by atoms with Crippen LogP contribution in [0.25, 0.3) is 0 Å². The number of ether oxygens (including phenoxy) is 1. The molecule has 2 nitrogen and oxygen atoms in total. The van der Waals surface area contributed by atoms with Gasteiger partial charge < -0.3 is 10.1 Å². The molecule has 0 aromatic heterocycles. The molecule has 0 saturated carbocycles. The van der Waals surface area contributed by atoms with Crippen LogP contribution >= 0.6 is 0 Å². The maximum atomic E-state index is 6.28. The molecule has 1 fully saturated rings. The predicted octanol–water partition coefficient (Wildman–Crippen LogP) is 4.53. The third-order valence-electron chi connectivity index (χ3n) is 4.40. The summed E-state index contributed by atoms with van der Waals surface area (Å²) in [4.78, 5) is 0. The second-order valence-electron chi connectivity index (χ2n) is 7.33. The van der Waals surface area contributed by atoms with Gasteiger partial charge in [0.05, 0.1) is 11.2 Å². The lowest BCUT2D eigenvalue weighted by Crippen LogP contribution is -2.44. The van der Waals surface area contributed by atoms with E-state index in [4.69, 9.17) is 4.74 Å². The van der Waals surface area contributed by atoms with Gasteiger partial charge in [0.25, 0.3) is 0 Å². The molecule has 2 atom stereocenters. The standard InChI is InChI=1S/C17H35NO/c1-7-9-10-11-15(18-12-8-2)14-13-16(3,4)19-17(14,5)6/h14-15,18H,7-13H2,1-6H3. The molecule has 0 bridgehead atoms. The number of rotatable bonds is 8. The molecule has 0 aliphatic carbocycles. The van der Waals surface area contributed by atoms with E-state index in [1.165, 1.54) is 38.5 Å². The minimum Gasteiger partial charge on any atom is -0.369 e. The fraction of sp³-hybridized carbons (Fsp3) is 1.00. The van der Waals surface area contributed by atoms with E-state index in [1.54, 1.807) is 0 Å². The Morgan fingerprint density at radius 2 is 1.79 bits per heavy atom. The normalized spacial score (nSPS) is 26.5. The summed E-state index contributed by atoms with van der Waals surface area (Å²) in [5.74, 6) is 0.630. The summed E-state index contributed by atoms with van der Waals surface area (Å²) in [6.07, 6.45) is 7.67. The molecule has 0 aromatic carbocycles. The smallest absolute Gasteiger partial charge is 0.0677 e. The molecule has 19 heavy (non-hydrogen) atoms. The van der Waals surface area contributed by atoms with Crippen molar-refractivity contribution < 1.29 is 4.74 Å². The van der Waals surface area contributed by atoms with E-state index in [2.05, 4.69) is 46.9 Å². The molecule has 2 unspecified atom stereocenters. The molecule has 0 radical (unpaired) electrons. The highest BCUT2D eigenvalue weighted by molar-refractivity contribution is 4.99. The second-order valence-corrected chi connectivity index (χ2v) is 7.33. The van der Waals surface area contributed by atoms with Gasteiger partial charge in [0, 0.05) is 12.0 Å². The summed E-state index contributed by atoms with van der Waals surface area (Å²) in [5.41, 5.74) is 0.0339. The van der Waals surface area contributed by atoms with Gasteiger partial charge in [0.15, 0.2) is 0 Å². The SMILES string of the molecule is CCCCCC(NCCC)C1CC(C)(C)OC1(C)C. The zero-order valence-corrected chi connectivity index (χ0v) is 14.0. The van der Waals surface area contributed by atoms with Crippen LogP contribution < -0.4 is 5.32 Å². The van der Waals surface area contributed by atoms with Crippen LogP contribution in [0.1, 0.15) is 80.1 Å². The maximum absolute atomic E-state index is 6.28. The zero-order chi connectivity index (χ0) is 14.5. The summed E-state index contributed by atoms with van der Waals surface area (Å²) in [6.45, 7) is 14.7. The summed E-state index contributed by atoms with van der Waals surface area (Å²) in [7, 11) is 0. The third-order valence-corrected chi connectivity index (χ3v) is 4.40. The average molecular weight is 269 g/mol. The van der Waals surface area contributed by atoms with Crippen molar-refractivity contribution in [3.63, 3.8) is 0 Å². The van der Waals surface area contributed by atoms with Crippen LogP contribution in [0.2, 0.25) is 0 Å². The summed E-state index contributed by atoms with van der Waals surface area (Å²) in [6, 6.07) is 0.614. The van der Waals surface area contributed by atoms with E-state index in [0.717, 1.165) is 6.54 Å². The molecule has 0 amide bonds. The Morgan fingerprint density at radius 3 is 2.26 bits per heavy atom. The van der Waals surface area contributed by atoms with E-state index >= 15 is 0 Å². The topological polar surface area (TPSA) is 21.3 Å². The Kier molecular flexibility index (Phi) is 6.32. The first kappa shape index (κ1) is 17.0. The van der Waals surface area contributed by atoms with Crippen molar-refractivity contribution in [2.75, 3.05) is 6.54 Å². The van der Waals surface area contributed by atoms with Crippen molar-refractivity contribution in [3.05, 3.63) is 0 Å². The number of hydrogen-bond donors (Lipinski definition) is 1. The van der Waals surface area contributed by atoms with E-state index in [1.807, 2.05) is 0 Å². The van der Waals surface area contributed by atoms with Crippen LogP contribution in [0.5, 0.6) is 0 Å². The first-order valence-electron chi connectivity index (χ1n) is 8.26. The third kappa shape index (κ3) is 5.07. The molecule has 1 heterocycles. The Bertz CT molecular complexity index is 260. The quantitative estimate of drug-likeness (QED) is 0.654. The number of nitrogens with one attached hydrogen (secondary N) is 1. The minimum absolute atomic E-state index is 0.00111. The van der Waals surface area contributed by atoms with E-state index in [0.29, 0.717) is 12.0 Å². The van der Waals surface area contributed by atoms with Crippen molar-refractivity contribution in [3.8, 4) is 0 Å². The van der Waals surface area contributed by atoms with E-state index < -0.39 is 0 Å². The highest BCUT2D eigenvalue weighted by atomic mass is 16.5. The zero-order valence-electron chi connectivity index (χ0n) is 14.0. The number of hydrogen-bond acceptors (Lipinski definition) is 2. The van der Waals surface area contributed by atoms with Gasteiger partial charge in [0.2, 0.25) is 0 Å². The van der Waals surface area contributed by atoms with Gasteiger partial charge >= 0.3 is 0 Å². The highest BCUT2D eigenvalue weighted by Gasteiger charge is 2.48. The van der Waals surface area contributed by atoms with Crippen LogP contribution in [0.15, 0.2) is 0 Å². The molecule has 1 aliphatic heterocycles. The fourth-order valence-corrected chi connectivity index (χ4v) is 3.62. The van der Waals surface area contributed by atoms with Gasteiger partial charge in [-0.25, -0.2) is 0 Å². The van der Waals surface area contributed by atoms with Gasteiger partial charge in [-0.3, -0.25) is 0 Å². The summed E-state index contributed by atoms with van der Waals surface area (Å²) >= 11 is 0. The second kappa shape index (κ2) is 7.08.